The summed E-state index contributed by atoms with van der Waals surface area (Å²) in [5, 5.41) is 7.08. The van der Waals surface area contributed by atoms with Crippen LogP contribution in [0.2, 0.25) is 0 Å². The fraction of sp³-hybridized carbons (Fsp3) is 0.158. The van der Waals surface area contributed by atoms with E-state index in [2.05, 4.69) is 63.0 Å². The van der Waals surface area contributed by atoms with E-state index in [-0.39, 0.29) is 26.2 Å². The zero-order valence-electron chi connectivity index (χ0n) is 25.5. The van der Waals surface area contributed by atoms with E-state index in [1.807, 2.05) is 63.8 Å². The summed E-state index contributed by atoms with van der Waals surface area (Å²) in [7, 11) is 0. The molecule has 3 heterocycles. The summed E-state index contributed by atoms with van der Waals surface area (Å²) in [6, 6.07) is 33.8. The maximum Gasteiger partial charge on any atom is 2.00 e. The van der Waals surface area contributed by atoms with Gasteiger partial charge in [0.25, 0.3) is 0 Å². The molecule has 0 bridgehead atoms. The maximum absolute atomic E-state index is 14.2. The second kappa shape index (κ2) is 12.4. The van der Waals surface area contributed by atoms with Crippen molar-refractivity contribution in [2.75, 3.05) is 0 Å². The van der Waals surface area contributed by atoms with Crippen LogP contribution in [0.5, 0.6) is 11.5 Å². The Morgan fingerprint density at radius 1 is 0.778 bits per heavy atom. The van der Waals surface area contributed by atoms with Crippen molar-refractivity contribution in [3.05, 3.63) is 132 Å². The second-order valence-corrected chi connectivity index (χ2v) is 10.9. The molecule has 0 amide bonds. The van der Waals surface area contributed by atoms with Crippen LogP contribution in [0.25, 0.3) is 44.4 Å². The van der Waals surface area contributed by atoms with Gasteiger partial charge >= 0.3 is 20.4 Å². The van der Waals surface area contributed by atoms with E-state index >= 15 is 0 Å². The van der Waals surface area contributed by atoms with Crippen molar-refractivity contribution in [1.29, 1.82) is 0 Å². The summed E-state index contributed by atoms with van der Waals surface area (Å²) < 4.78 is 24.5. The van der Waals surface area contributed by atoms with Crippen LogP contribution < -0.4 is 4.74 Å². The first-order chi connectivity index (χ1) is 21.5. The number of hydrogen-bond donors (Lipinski definition) is 0. The van der Waals surface area contributed by atoms with Gasteiger partial charge in [-0.3, -0.25) is 4.68 Å². The van der Waals surface area contributed by atoms with Crippen molar-refractivity contribution in [3.8, 4) is 34.1 Å². The predicted octanol–water partition coefficient (Wildman–Crippen LogP) is 9.30. The number of para-hydroxylation sites is 1. The molecule has 4 aromatic carbocycles. The molecule has 0 N–H and O–H groups in total. The molecule has 7 heteroatoms. The first-order valence-corrected chi connectivity index (χ1v) is 14.9. The van der Waals surface area contributed by atoms with E-state index in [1.54, 1.807) is 0 Å². The topological polar surface area (TPSA) is 44.9 Å². The zero-order valence-corrected chi connectivity index (χ0v) is 27.0. The van der Waals surface area contributed by atoms with Crippen molar-refractivity contribution < 1.29 is 29.6 Å². The molecule has 0 saturated carbocycles. The molecule has 0 unspecified atom stereocenters. The van der Waals surface area contributed by atoms with Gasteiger partial charge in [0.1, 0.15) is 11.6 Å². The average molecular weight is 685 g/mol. The Hall–Kier alpha value is -4.57. The molecule has 0 atom stereocenters. The van der Waals surface area contributed by atoms with E-state index in [0.29, 0.717) is 17.3 Å². The smallest absolute Gasteiger partial charge is 0.509 e. The Kier molecular flexibility index (Phi) is 8.42. The quantitative estimate of drug-likeness (QED) is 0.124. The number of hydrogen-bond acceptors (Lipinski definition) is 3. The summed E-state index contributed by atoms with van der Waals surface area (Å²) in [6.07, 6.45) is 3.11. The number of ether oxygens (including phenoxy) is 1. The zero-order chi connectivity index (χ0) is 30.4. The molecule has 7 rings (SSSR count). The van der Waals surface area contributed by atoms with Gasteiger partial charge in [-0.05, 0) is 66.6 Å². The van der Waals surface area contributed by atoms with Gasteiger partial charge in [-0.15, -0.1) is 35.7 Å². The first-order valence-electron chi connectivity index (χ1n) is 14.9. The first kappa shape index (κ1) is 30.5. The van der Waals surface area contributed by atoms with Crippen LogP contribution in [0.4, 0.5) is 4.39 Å². The van der Waals surface area contributed by atoms with Crippen LogP contribution in [0.1, 0.15) is 36.4 Å². The summed E-state index contributed by atoms with van der Waals surface area (Å²) in [5.41, 5.74) is 9.64. The monoisotopic (exact) mass is 684 g/mol. The van der Waals surface area contributed by atoms with Crippen molar-refractivity contribution in [2.45, 2.75) is 40.5 Å². The van der Waals surface area contributed by atoms with Gasteiger partial charge in [0.15, 0.2) is 0 Å². The summed E-state index contributed by atoms with van der Waals surface area (Å²) in [4.78, 5) is 4.45. The van der Waals surface area contributed by atoms with Crippen LogP contribution in [0, 0.1) is 31.8 Å². The van der Waals surface area contributed by atoms with Gasteiger partial charge < -0.3 is 9.30 Å². The molecule has 0 saturated heterocycles. The van der Waals surface area contributed by atoms with Crippen LogP contribution in [0.3, 0.4) is 0 Å². The molecule has 7 aromatic rings. The maximum atomic E-state index is 14.2. The molecule has 0 aliphatic carbocycles. The van der Waals surface area contributed by atoms with Crippen molar-refractivity contribution in [2.24, 2.45) is 0 Å². The van der Waals surface area contributed by atoms with Crippen molar-refractivity contribution >= 4 is 21.8 Å². The number of aryl methyl sites for hydroxylation is 3. The number of pyridine rings is 1. The van der Waals surface area contributed by atoms with Crippen LogP contribution in [-0.4, -0.2) is 19.3 Å². The molecule has 3 aromatic heterocycles. The molecule has 0 fully saturated rings. The van der Waals surface area contributed by atoms with Gasteiger partial charge in [0, 0.05) is 40.5 Å². The molecule has 0 aliphatic heterocycles. The molecular formula is C38H31FN4OPd. The van der Waals surface area contributed by atoms with E-state index in [4.69, 9.17) is 9.84 Å². The fourth-order valence-electron chi connectivity index (χ4n) is 6.20. The second-order valence-electron chi connectivity index (χ2n) is 10.9. The van der Waals surface area contributed by atoms with Crippen molar-refractivity contribution in [3.63, 3.8) is 0 Å². The molecular weight excluding hydrogens is 654 g/mol. The van der Waals surface area contributed by atoms with Crippen LogP contribution in [0.15, 0.2) is 91.1 Å². The number of fused-ring (bicyclic) bond motifs is 3. The van der Waals surface area contributed by atoms with Crippen molar-refractivity contribution in [1.82, 2.24) is 19.3 Å². The Bertz CT molecular complexity index is 2160. The predicted molar refractivity (Wildman–Crippen MR) is 174 cm³/mol. The number of halogens is 1. The Morgan fingerprint density at radius 2 is 1.53 bits per heavy atom. The van der Waals surface area contributed by atoms with Gasteiger partial charge in [0.2, 0.25) is 0 Å². The average Bonchev–Trinajstić information content (AvgIpc) is 3.56. The number of benzene rings is 4. The Balaban J connectivity index is 0.00000357. The summed E-state index contributed by atoms with van der Waals surface area (Å²) in [6.45, 7) is 8.64. The number of nitrogens with zero attached hydrogens (tertiary/aromatic N) is 4. The molecule has 0 aliphatic rings. The SMILES string of the molecule is CCc1nn(-c2[c-]c(Oc3[c-]c4c(cc3)c3ccccc3n4-c3cc(F)ccn3)ccc2)c(CC)c1-c1c(C)cccc1C.[Pd+2]. The standard InChI is InChI=1S/C38H31FN4O.Pd/c1-5-32-38(37-24(3)11-9-12-25(37)4)33(6-2)43(41-32)27-13-10-14-28(22-27)44-29-17-18-31-30-15-7-8-16-34(30)42(35(31)23-29)36-21-26(39)19-20-40-36;/h7-21H,5-6H2,1-4H3;/q-2;+2. The van der Waals surface area contributed by atoms with Gasteiger partial charge in [-0.25, -0.2) is 9.37 Å². The normalized spacial score (nSPS) is 11.2. The third-order valence-electron chi connectivity index (χ3n) is 8.15. The number of rotatable bonds is 7. The minimum absolute atomic E-state index is 0. The van der Waals surface area contributed by atoms with Gasteiger partial charge in [-0.2, -0.15) is 17.2 Å². The van der Waals surface area contributed by atoms with Crippen LogP contribution >= 0.6 is 0 Å². The largest absolute Gasteiger partial charge is 2.00 e. The fourth-order valence-corrected chi connectivity index (χ4v) is 6.20. The van der Waals surface area contributed by atoms with E-state index in [1.165, 1.54) is 40.6 Å². The Morgan fingerprint density at radius 3 is 2.29 bits per heavy atom. The van der Waals surface area contributed by atoms with E-state index in [9.17, 15) is 4.39 Å². The number of aromatic nitrogens is 4. The third kappa shape index (κ3) is 5.37. The van der Waals surface area contributed by atoms with Gasteiger partial charge in [0.05, 0.1) is 5.69 Å². The molecule has 226 valence electrons. The molecule has 5 nitrogen and oxygen atoms in total. The third-order valence-corrected chi connectivity index (χ3v) is 8.15. The Labute approximate surface area is 276 Å². The van der Waals surface area contributed by atoms with E-state index in [0.717, 1.165) is 51.7 Å². The minimum atomic E-state index is -0.350. The molecule has 45 heavy (non-hydrogen) atoms. The summed E-state index contributed by atoms with van der Waals surface area (Å²) >= 11 is 0. The van der Waals surface area contributed by atoms with Gasteiger partial charge in [-0.1, -0.05) is 55.8 Å². The minimum Gasteiger partial charge on any atom is -0.509 e. The summed E-state index contributed by atoms with van der Waals surface area (Å²) in [5.74, 6) is 1.20. The van der Waals surface area contributed by atoms with E-state index < -0.39 is 0 Å². The molecule has 0 radical (unpaired) electrons. The van der Waals surface area contributed by atoms with Crippen LogP contribution in [-0.2, 0) is 33.3 Å². The molecule has 0 spiro atoms.